The lowest BCUT2D eigenvalue weighted by molar-refractivity contribution is 0.0541. The van der Waals surface area contributed by atoms with Gasteiger partial charge < -0.3 is 19.5 Å². The Bertz CT molecular complexity index is 1230. The van der Waals surface area contributed by atoms with Crippen molar-refractivity contribution in [2.45, 2.75) is 38.3 Å². The van der Waals surface area contributed by atoms with Crippen LogP contribution in [0, 0.1) is 12.7 Å². The SMILES string of the molecule is COCC1(N(C)C(=O)c2n[nH]c3c2CN(C(=O)c2cc4c(C)cc(F)cc4[nH]2)CC3)CC1. The van der Waals surface area contributed by atoms with Crippen molar-refractivity contribution in [1.29, 1.82) is 0 Å². The fraction of sp³-hybridized carbons (Fsp3) is 0.435. The summed E-state index contributed by atoms with van der Waals surface area (Å²) in [5.41, 5.74) is 3.51. The molecule has 2 aromatic heterocycles. The summed E-state index contributed by atoms with van der Waals surface area (Å²) in [4.78, 5) is 32.9. The average Bonchev–Trinajstić information content (AvgIpc) is 3.23. The third-order valence-electron chi connectivity index (χ3n) is 6.82. The molecule has 1 fully saturated rings. The summed E-state index contributed by atoms with van der Waals surface area (Å²) in [6.45, 7) is 3.11. The smallest absolute Gasteiger partial charge is 0.274 e. The molecule has 5 rings (SSSR count). The first kappa shape index (κ1) is 20.7. The number of carbonyl (C=O) groups excluding carboxylic acids is 2. The number of likely N-dealkylation sites (N-methyl/N-ethyl adjacent to an activating group) is 1. The fourth-order valence-corrected chi connectivity index (χ4v) is 4.67. The zero-order valence-electron chi connectivity index (χ0n) is 18.4. The summed E-state index contributed by atoms with van der Waals surface area (Å²) < 4.78 is 19.1. The Morgan fingerprint density at radius 1 is 1.31 bits per heavy atom. The van der Waals surface area contributed by atoms with E-state index in [-0.39, 0.29) is 23.2 Å². The zero-order chi connectivity index (χ0) is 22.6. The Morgan fingerprint density at radius 3 is 2.81 bits per heavy atom. The van der Waals surface area contributed by atoms with Crippen LogP contribution < -0.4 is 0 Å². The van der Waals surface area contributed by atoms with Crippen LogP contribution in [0.15, 0.2) is 18.2 Å². The highest BCUT2D eigenvalue weighted by Gasteiger charge is 2.49. The molecule has 32 heavy (non-hydrogen) atoms. The highest BCUT2D eigenvalue weighted by Crippen LogP contribution is 2.42. The van der Waals surface area contributed by atoms with Crippen LogP contribution in [-0.2, 0) is 17.7 Å². The van der Waals surface area contributed by atoms with Gasteiger partial charge in [-0.25, -0.2) is 4.39 Å². The monoisotopic (exact) mass is 439 g/mol. The average molecular weight is 439 g/mol. The van der Waals surface area contributed by atoms with Crippen molar-refractivity contribution in [3.63, 3.8) is 0 Å². The van der Waals surface area contributed by atoms with Gasteiger partial charge in [-0.2, -0.15) is 5.10 Å². The van der Waals surface area contributed by atoms with Crippen LogP contribution in [0.3, 0.4) is 0 Å². The third-order valence-corrected chi connectivity index (χ3v) is 6.82. The molecule has 1 saturated carbocycles. The molecule has 0 spiro atoms. The topological polar surface area (TPSA) is 94.3 Å². The van der Waals surface area contributed by atoms with Crippen LogP contribution in [0.1, 0.15) is 50.6 Å². The summed E-state index contributed by atoms with van der Waals surface area (Å²) in [5.74, 6) is -0.688. The Kier molecular flexibility index (Phi) is 4.81. The predicted molar refractivity (Wildman–Crippen MR) is 116 cm³/mol. The molecule has 3 heterocycles. The number of benzene rings is 1. The van der Waals surface area contributed by atoms with Gasteiger partial charge in [0, 0.05) is 49.3 Å². The van der Waals surface area contributed by atoms with E-state index in [4.69, 9.17) is 4.74 Å². The number of aromatic amines is 2. The van der Waals surface area contributed by atoms with Crippen molar-refractivity contribution in [1.82, 2.24) is 25.0 Å². The number of halogens is 1. The van der Waals surface area contributed by atoms with Gasteiger partial charge in [-0.15, -0.1) is 0 Å². The first-order chi connectivity index (χ1) is 15.3. The van der Waals surface area contributed by atoms with Crippen molar-refractivity contribution in [3.05, 3.63) is 52.2 Å². The molecule has 0 unspecified atom stereocenters. The number of aryl methyl sites for hydroxylation is 1. The molecule has 168 valence electrons. The van der Waals surface area contributed by atoms with Gasteiger partial charge in [0.2, 0.25) is 0 Å². The number of rotatable bonds is 5. The number of H-pyrrole nitrogens is 2. The van der Waals surface area contributed by atoms with Gasteiger partial charge in [0.05, 0.1) is 18.7 Å². The van der Waals surface area contributed by atoms with Gasteiger partial charge in [0.15, 0.2) is 5.69 Å². The van der Waals surface area contributed by atoms with E-state index in [2.05, 4.69) is 15.2 Å². The zero-order valence-corrected chi connectivity index (χ0v) is 18.4. The summed E-state index contributed by atoms with van der Waals surface area (Å²) in [5, 5.41) is 8.10. The second-order valence-corrected chi connectivity index (χ2v) is 8.89. The Labute approximate surface area is 184 Å². The number of hydrogen-bond acceptors (Lipinski definition) is 4. The van der Waals surface area contributed by atoms with Gasteiger partial charge in [0.25, 0.3) is 11.8 Å². The Morgan fingerprint density at radius 2 is 2.09 bits per heavy atom. The first-order valence-electron chi connectivity index (χ1n) is 10.7. The molecule has 2 N–H and O–H groups in total. The maximum atomic E-state index is 13.7. The highest BCUT2D eigenvalue weighted by molar-refractivity contribution is 5.99. The van der Waals surface area contributed by atoms with Gasteiger partial charge in [-0.3, -0.25) is 14.7 Å². The molecule has 1 aromatic carbocycles. The third kappa shape index (κ3) is 3.28. The predicted octanol–water partition coefficient (Wildman–Crippen LogP) is 2.79. The molecule has 0 radical (unpaired) electrons. The summed E-state index contributed by atoms with van der Waals surface area (Å²) in [6, 6.07) is 4.61. The Hall–Kier alpha value is -3.20. The molecule has 0 atom stereocenters. The standard InChI is InChI=1S/C23H26FN5O3/c1-13-8-14(24)9-18-15(13)10-19(25-18)21(30)29-7-4-17-16(11-29)20(27-26-17)22(31)28(2)23(5-6-23)12-32-3/h8-10,25H,4-7,11-12H2,1-3H3,(H,26,27). The van der Waals surface area contributed by atoms with E-state index in [9.17, 15) is 14.0 Å². The molecule has 0 bridgehead atoms. The number of amides is 2. The van der Waals surface area contributed by atoms with Gasteiger partial charge in [0.1, 0.15) is 11.5 Å². The number of fused-ring (bicyclic) bond motifs is 2. The minimum atomic E-state index is -0.342. The molecular weight excluding hydrogens is 413 g/mol. The van der Waals surface area contributed by atoms with Crippen LogP contribution in [0.4, 0.5) is 4.39 Å². The lowest BCUT2D eigenvalue weighted by atomic mass is 10.0. The lowest BCUT2D eigenvalue weighted by Crippen LogP contribution is -2.43. The number of nitrogens with one attached hydrogen (secondary N) is 2. The highest BCUT2D eigenvalue weighted by atomic mass is 19.1. The van der Waals surface area contributed by atoms with E-state index in [1.807, 2.05) is 6.92 Å². The second-order valence-electron chi connectivity index (χ2n) is 8.89. The molecule has 9 heteroatoms. The maximum absolute atomic E-state index is 13.7. The van der Waals surface area contributed by atoms with Crippen LogP contribution in [0.25, 0.3) is 10.9 Å². The number of methoxy groups -OCH3 is 1. The number of ether oxygens (including phenoxy) is 1. The van der Waals surface area contributed by atoms with Crippen LogP contribution in [0.5, 0.6) is 0 Å². The number of carbonyl (C=O) groups is 2. The lowest BCUT2D eigenvalue weighted by Gasteiger charge is -2.29. The van der Waals surface area contributed by atoms with Gasteiger partial charge in [-0.1, -0.05) is 0 Å². The largest absolute Gasteiger partial charge is 0.382 e. The van der Waals surface area contributed by atoms with Crippen LogP contribution in [-0.4, -0.2) is 69.6 Å². The summed E-state index contributed by atoms with van der Waals surface area (Å²) >= 11 is 0. The quantitative estimate of drug-likeness (QED) is 0.639. The van der Waals surface area contributed by atoms with E-state index in [1.165, 1.54) is 12.1 Å². The minimum absolute atomic E-state index is 0.164. The molecule has 1 aliphatic heterocycles. The van der Waals surface area contributed by atoms with Crippen molar-refractivity contribution >= 4 is 22.7 Å². The molecular formula is C23H26FN5O3. The van der Waals surface area contributed by atoms with Crippen LogP contribution in [0.2, 0.25) is 0 Å². The number of aromatic nitrogens is 3. The van der Waals surface area contributed by atoms with Crippen LogP contribution >= 0.6 is 0 Å². The van der Waals surface area contributed by atoms with Crippen molar-refractivity contribution < 1.29 is 18.7 Å². The van der Waals surface area contributed by atoms with E-state index in [1.54, 1.807) is 30.0 Å². The number of nitrogens with zero attached hydrogens (tertiary/aromatic N) is 3. The van der Waals surface area contributed by atoms with E-state index in [0.717, 1.165) is 35.0 Å². The minimum Gasteiger partial charge on any atom is -0.382 e. The van der Waals surface area contributed by atoms with Crippen molar-refractivity contribution in [2.75, 3.05) is 27.3 Å². The van der Waals surface area contributed by atoms with Gasteiger partial charge in [-0.05, 0) is 43.5 Å². The van der Waals surface area contributed by atoms with Gasteiger partial charge >= 0.3 is 0 Å². The molecule has 0 saturated heterocycles. The summed E-state index contributed by atoms with van der Waals surface area (Å²) in [7, 11) is 3.42. The second kappa shape index (κ2) is 7.44. The normalized spacial score (nSPS) is 16.8. The van der Waals surface area contributed by atoms with Crippen molar-refractivity contribution in [3.8, 4) is 0 Å². The molecule has 8 nitrogen and oxygen atoms in total. The van der Waals surface area contributed by atoms with E-state index < -0.39 is 0 Å². The molecule has 2 aliphatic rings. The Balaban J connectivity index is 1.39. The van der Waals surface area contributed by atoms with E-state index in [0.29, 0.717) is 43.0 Å². The molecule has 2 amide bonds. The maximum Gasteiger partial charge on any atom is 0.274 e. The van der Waals surface area contributed by atoms with E-state index >= 15 is 0 Å². The van der Waals surface area contributed by atoms with Crippen molar-refractivity contribution in [2.24, 2.45) is 0 Å². The summed E-state index contributed by atoms with van der Waals surface area (Å²) in [6.07, 6.45) is 2.39. The number of hydrogen-bond donors (Lipinski definition) is 2. The molecule has 3 aromatic rings. The first-order valence-corrected chi connectivity index (χ1v) is 10.7. The molecule has 1 aliphatic carbocycles. The fourth-order valence-electron chi connectivity index (χ4n) is 4.67.